The molecule has 3 heterocycles. The Morgan fingerprint density at radius 2 is 1.75 bits per heavy atom. The van der Waals surface area contributed by atoms with Crippen molar-refractivity contribution in [3.8, 4) is 11.3 Å². The van der Waals surface area contributed by atoms with Crippen LogP contribution in [0.5, 0.6) is 0 Å². The minimum absolute atomic E-state index is 0. The Kier molecular flexibility index (Phi) is 5.38. The van der Waals surface area contributed by atoms with Gasteiger partial charge in [-0.05, 0) is 50.6 Å². The fourth-order valence-electron chi connectivity index (χ4n) is 4.47. The number of carbonyl (C=O) groups excluding carboxylic acids is 1. The normalized spacial score (nSPS) is 19.9. The highest BCUT2D eigenvalue weighted by atomic mass is 35.5. The van der Waals surface area contributed by atoms with Gasteiger partial charge in [0.15, 0.2) is 0 Å². The van der Waals surface area contributed by atoms with E-state index in [9.17, 15) is 4.79 Å². The maximum atomic E-state index is 12.9. The third-order valence-electron chi connectivity index (χ3n) is 5.98. The van der Waals surface area contributed by atoms with Crippen molar-refractivity contribution >= 4 is 29.2 Å². The van der Waals surface area contributed by atoms with Crippen molar-refractivity contribution in [1.82, 2.24) is 20.0 Å². The first-order chi connectivity index (χ1) is 13.3. The van der Waals surface area contributed by atoms with Crippen molar-refractivity contribution in [2.24, 2.45) is 0 Å². The van der Waals surface area contributed by atoms with Gasteiger partial charge in [0, 0.05) is 35.6 Å². The highest BCUT2D eigenvalue weighted by molar-refractivity contribution is 5.96. The maximum Gasteiger partial charge on any atom is 0.253 e. The molecule has 3 aromatic rings. The summed E-state index contributed by atoms with van der Waals surface area (Å²) < 4.78 is 0. The molecule has 0 aliphatic carbocycles. The summed E-state index contributed by atoms with van der Waals surface area (Å²) in [4.78, 5) is 17.5. The summed E-state index contributed by atoms with van der Waals surface area (Å²) in [6, 6.07) is 16.5. The van der Waals surface area contributed by atoms with Crippen LogP contribution in [0.3, 0.4) is 0 Å². The molecule has 2 aliphatic rings. The van der Waals surface area contributed by atoms with Crippen molar-refractivity contribution in [3.05, 3.63) is 54.1 Å². The fraction of sp³-hybridized carbons (Fsp3) is 0.364. The molecule has 2 fully saturated rings. The molecule has 28 heavy (non-hydrogen) atoms. The molecule has 6 heteroatoms. The Morgan fingerprint density at radius 1 is 1.00 bits per heavy atom. The first kappa shape index (κ1) is 19.0. The quantitative estimate of drug-likeness (QED) is 0.729. The van der Waals surface area contributed by atoms with Crippen molar-refractivity contribution in [2.75, 3.05) is 26.2 Å². The van der Waals surface area contributed by atoms with Crippen LogP contribution in [0.4, 0.5) is 0 Å². The molecule has 1 N–H and O–H groups in total. The molecular formula is C22H25ClN4O. The molecule has 1 aromatic heterocycles. The lowest BCUT2D eigenvalue weighted by atomic mass is 10.1. The predicted octanol–water partition coefficient (Wildman–Crippen LogP) is 3.96. The topological polar surface area (TPSA) is 52.2 Å². The zero-order valence-corrected chi connectivity index (χ0v) is 16.6. The Morgan fingerprint density at radius 3 is 2.54 bits per heavy atom. The number of rotatable bonds is 3. The van der Waals surface area contributed by atoms with E-state index < -0.39 is 0 Å². The second kappa shape index (κ2) is 7.94. The summed E-state index contributed by atoms with van der Waals surface area (Å²) in [6.07, 6.45) is 3.70. The average Bonchev–Trinajstić information content (AvgIpc) is 3.47. The molecular weight excluding hydrogens is 372 g/mol. The van der Waals surface area contributed by atoms with Crippen molar-refractivity contribution in [2.45, 2.75) is 25.3 Å². The second-order valence-electron chi connectivity index (χ2n) is 7.63. The van der Waals surface area contributed by atoms with E-state index in [1.807, 2.05) is 47.4 Å². The van der Waals surface area contributed by atoms with Gasteiger partial charge in [-0.1, -0.05) is 30.3 Å². The van der Waals surface area contributed by atoms with E-state index in [4.69, 9.17) is 0 Å². The number of para-hydroxylation sites is 1. The minimum Gasteiger partial charge on any atom is -0.337 e. The van der Waals surface area contributed by atoms with Crippen LogP contribution in [0, 0.1) is 0 Å². The highest BCUT2D eigenvalue weighted by Gasteiger charge is 2.31. The Bertz CT molecular complexity index is 962. The van der Waals surface area contributed by atoms with Crippen LogP contribution in [0.2, 0.25) is 0 Å². The molecule has 0 saturated carbocycles. The van der Waals surface area contributed by atoms with Crippen LogP contribution in [-0.2, 0) is 0 Å². The van der Waals surface area contributed by atoms with Gasteiger partial charge in [-0.25, -0.2) is 0 Å². The number of hydrogen-bond donors (Lipinski definition) is 1. The zero-order valence-electron chi connectivity index (χ0n) is 15.8. The Balaban J connectivity index is 0.00000192. The molecule has 146 valence electrons. The molecule has 0 spiro atoms. The molecule has 1 atom stereocenters. The van der Waals surface area contributed by atoms with E-state index in [0.29, 0.717) is 6.04 Å². The summed E-state index contributed by atoms with van der Waals surface area (Å²) in [6.45, 7) is 4.12. The number of nitrogens with zero attached hydrogens (tertiary/aromatic N) is 3. The SMILES string of the molecule is Cl.O=C(c1ccc(-c2n[nH]c3ccccc23)cc1)N1CC[C@H](N2CCCC2)C1. The van der Waals surface area contributed by atoms with Crippen molar-refractivity contribution in [3.63, 3.8) is 0 Å². The van der Waals surface area contributed by atoms with E-state index in [-0.39, 0.29) is 18.3 Å². The number of carbonyl (C=O) groups is 1. The van der Waals surface area contributed by atoms with Gasteiger partial charge in [0.1, 0.15) is 0 Å². The fourth-order valence-corrected chi connectivity index (χ4v) is 4.47. The lowest BCUT2D eigenvalue weighted by Crippen LogP contribution is -2.37. The Hall–Kier alpha value is -2.37. The smallest absolute Gasteiger partial charge is 0.253 e. The monoisotopic (exact) mass is 396 g/mol. The first-order valence-corrected chi connectivity index (χ1v) is 9.86. The first-order valence-electron chi connectivity index (χ1n) is 9.86. The van der Waals surface area contributed by atoms with Gasteiger partial charge in [-0.3, -0.25) is 14.8 Å². The summed E-state index contributed by atoms with van der Waals surface area (Å²) in [5.74, 6) is 0.148. The van der Waals surface area contributed by atoms with Gasteiger partial charge in [0.2, 0.25) is 0 Å². The second-order valence-corrected chi connectivity index (χ2v) is 7.63. The number of aromatic amines is 1. The number of hydrogen-bond acceptors (Lipinski definition) is 3. The number of benzene rings is 2. The van der Waals surface area contributed by atoms with Crippen LogP contribution >= 0.6 is 12.4 Å². The molecule has 0 bridgehead atoms. The van der Waals surface area contributed by atoms with Gasteiger partial charge in [-0.15, -0.1) is 12.4 Å². The summed E-state index contributed by atoms with van der Waals surface area (Å²) in [5, 5.41) is 8.62. The molecule has 0 unspecified atom stereocenters. The van der Waals surface area contributed by atoms with E-state index in [2.05, 4.69) is 21.2 Å². The van der Waals surface area contributed by atoms with E-state index in [1.165, 1.54) is 25.9 Å². The lowest BCUT2D eigenvalue weighted by molar-refractivity contribution is 0.0780. The summed E-state index contributed by atoms with van der Waals surface area (Å²) in [7, 11) is 0. The minimum atomic E-state index is 0. The van der Waals surface area contributed by atoms with Crippen LogP contribution in [-0.4, -0.2) is 58.1 Å². The van der Waals surface area contributed by atoms with Gasteiger partial charge < -0.3 is 4.90 Å². The van der Waals surface area contributed by atoms with Crippen LogP contribution < -0.4 is 0 Å². The molecule has 2 saturated heterocycles. The zero-order chi connectivity index (χ0) is 18.2. The van der Waals surface area contributed by atoms with E-state index >= 15 is 0 Å². The number of H-pyrrole nitrogens is 1. The number of halogens is 1. The highest BCUT2D eigenvalue weighted by Crippen LogP contribution is 2.27. The molecule has 2 aromatic carbocycles. The van der Waals surface area contributed by atoms with Gasteiger partial charge in [0.05, 0.1) is 11.2 Å². The number of nitrogens with one attached hydrogen (secondary N) is 1. The van der Waals surface area contributed by atoms with Gasteiger partial charge in [0.25, 0.3) is 5.91 Å². The van der Waals surface area contributed by atoms with E-state index in [1.54, 1.807) is 0 Å². The molecule has 5 rings (SSSR count). The average molecular weight is 397 g/mol. The van der Waals surface area contributed by atoms with Crippen molar-refractivity contribution in [1.29, 1.82) is 0 Å². The van der Waals surface area contributed by atoms with Crippen molar-refractivity contribution < 1.29 is 4.79 Å². The lowest BCUT2D eigenvalue weighted by Gasteiger charge is -2.23. The molecule has 0 radical (unpaired) electrons. The molecule has 1 amide bonds. The summed E-state index contributed by atoms with van der Waals surface area (Å²) >= 11 is 0. The van der Waals surface area contributed by atoms with Gasteiger partial charge >= 0.3 is 0 Å². The number of aromatic nitrogens is 2. The Labute approximate surface area is 171 Å². The third kappa shape index (κ3) is 3.40. The standard InChI is InChI=1S/C22H24N4O.ClH/c27-22(26-14-11-18(15-26)25-12-3-4-13-25)17-9-7-16(8-10-17)21-19-5-1-2-6-20(19)23-24-21;/h1-2,5-10,18H,3-4,11-15H2,(H,23,24);1H/t18-;/m0./s1. The molecule has 2 aliphatic heterocycles. The van der Waals surface area contributed by atoms with Crippen LogP contribution in [0.15, 0.2) is 48.5 Å². The number of likely N-dealkylation sites (tertiary alicyclic amines) is 2. The van der Waals surface area contributed by atoms with Crippen LogP contribution in [0.25, 0.3) is 22.2 Å². The van der Waals surface area contributed by atoms with Crippen LogP contribution in [0.1, 0.15) is 29.6 Å². The maximum absolute atomic E-state index is 12.9. The number of amides is 1. The predicted molar refractivity (Wildman–Crippen MR) is 114 cm³/mol. The molecule has 5 nitrogen and oxygen atoms in total. The summed E-state index contributed by atoms with van der Waals surface area (Å²) in [5.41, 5.74) is 3.75. The number of fused-ring (bicyclic) bond motifs is 1. The third-order valence-corrected chi connectivity index (χ3v) is 5.98. The van der Waals surface area contributed by atoms with Gasteiger partial charge in [-0.2, -0.15) is 5.10 Å². The largest absolute Gasteiger partial charge is 0.337 e. The van der Waals surface area contributed by atoms with E-state index in [0.717, 1.165) is 47.2 Å².